The van der Waals surface area contributed by atoms with Gasteiger partial charge in [-0.2, -0.15) is 0 Å². The molecule has 84 valence electrons. The first kappa shape index (κ1) is 10.8. The molecule has 1 aromatic heterocycles. The van der Waals surface area contributed by atoms with Crippen LogP contribution in [0.2, 0.25) is 0 Å². The molecule has 0 radical (unpaired) electrons. The molecule has 0 saturated carbocycles. The SMILES string of the molecule is Cc1cc(C(N)c2ccc(F)cc2F)co1. The summed E-state index contributed by atoms with van der Waals surface area (Å²) in [6.07, 6.45) is 1.47. The monoisotopic (exact) mass is 223 g/mol. The van der Waals surface area contributed by atoms with Gasteiger partial charge in [-0.3, -0.25) is 0 Å². The molecule has 0 fully saturated rings. The Kier molecular flexibility index (Phi) is 2.75. The maximum absolute atomic E-state index is 13.4. The molecule has 0 aliphatic carbocycles. The summed E-state index contributed by atoms with van der Waals surface area (Å²) in [4.78, 5) is 0. The van der Waals surface area contributed by atoms with Gasteiger partial charge in [-0.1, -0.05) is 6.07 Å². The number of halogens is 2. The van der Waals surface area contributed by atoms with Crippen LogP contribution in [0.5, 0.6) is 0 Å². The Bertz CT molecular complexity index is 507. The Hall–Kier alpha value is -1.68. The molecule has 0 amide bonds. The van der Waals surface area contributed by atoms with Crippen molar-refractivity contribution in [3.8, 4) is 0 Å². The van der Waals surface area contributed by atoms with Gasteiger partial charge in [0, 0.05) is 17.2 Å². The second-order valence-electron chi connectivity index (χ2n) is 3.63. The normalized spacial score (nSPS) is 12.8. The third kappa shape index (κ3) is 1.97. The fraction of sp³-hybridized carbons (Fsp3) is 0.167. The highest BCUT2D eigenvalue weighted by Crippen LogP contribution is 2.24. The van der Waals surface area contributed by atoms with Crippen molar-refractivity contribution in [1.29, 1.82) is 0 Å². The molecule has 0 spiro atoms. The molecule has 0 saturated heterocycles. The summed E-state index contributed by atoms with van der Waals surface area (Å²) in [5.41, 5.74) is 6.78. The second-order valence-corrected chi connectivity index (χ2v) is 3.63. The highest BCUT2D eigenvalue weighted by atomic mass is 19.1. The molecule has 2 rings (SSSR count). The number of hydrogen-bond donors (Lipinski definition) is 1. The smallest absolute Gasteiger partial charge is 0.131 e. The summed E-state index contributed by atoms with van der Waals surface area (Å²) in [5.74, 6) is -0.559. The number of hydrogen-bond acceptors (Lipinski definition) is 2. The highest BCUT2D eigenvalue weighted by Gasteiger charge is 2.15. The van der Waals surface area contributed by atoms with Gasteiger partial charge in [0.2, 0.25) is 0 Å². The van der Waals surface area contributed by atoms with Crippen molar-refractivity contribution in [2.45, 2.75) is 13.0 Å². The van der Waals surface area contributed by atoms with Crippen molar-refractivity contribution in [1.82, 2.24) is 0 Å². The number of rotatable bonds is 2. The summed E-state index contributed by atoms with van der Waals surface area (Å²) in [6, 6.07) is 4.44. The maximum atomic E-state index is 13.4. The largest absolute Gasteiger partial charge is 0.469 e. The van der Waals surface area contributed by atoms with Gasteiger partial charge in [-0.05, 0) is 19.1 Å². The lowest BCUT2D eigenvalue weighted by atomic mass is 10.0. The van der Waals surface area contributed by atoms with Crippen LogP contribution < -0.4 is 5.73 Å². The van der Waals surface area contributed by atoms with Gasteiger partial charge in [0.1, 0.15) is 17.4 Å². The van der Waals surface area contributed by atoms with Gasteiger partial charge in [-0.15, -0.1) is 0 Å². The van der Waals surface area contributed by atoms with Crippen LogP contribution in [0.3, 0.4) is 0 Å². The number of nitrogens with two attached hydrogens (primary N) is 1. The summed E-state index contributed by atoms with van der Waals surface area (Å²) < 4.78 is 31.3. The van der Waals surface area contributed by atoms with Crippen LogP contribution in [0.4, 0.5) is 8.78 Å². The molecule has 16 heavy (non-hydrogen) atoms. The lowest BCUT2D eigenvalue weighted by Gasteiger charge is -2.10. The zero-order valence-corrected chi connectivity index (χ0v) is 8.71. The summed E-state index contributed by atoms with van der Waals surface area (Å²) >= 11 is 0. The maximum Gasteiger partial charge on any atom is 0.131 e. The van der Waals surface area contributed by atoms with E-state index in [1.165, 1.54) is 18.4 Å². The first-order chi connectivity index (χ1) is 7.58. The fourth-order valence-electron chi connectivity index (χ4n) is 1.56. The van der Waals surface area contributed by atoms with Crippen LogP contribution in [-0.2, 0) is 0 Å². The topological polar surface area (TPSA) is 39.2 Å². The minimum atomic E-state index is -0.647. The molecule has 0 bridgehead atoms. The summed E-state index contributed by atoms with van der Waals surface area (Å²) in [7, 11) is 0. The van der Waals surface area contributed by atoms with Crippen molar-refractivity contribution in [2.75, 3.05) is 0 Å². The number of furan rings is 1. The van der Waals surface area contributed by atoms with Gasteiger partial charge >= 0.3 is 0 Å². The molecular weight excluding hydrogens is 212 g/mol. The van der Waals surface area contributed by atoms with Crippen LogP contribution in [0.15, 0.2) is 34.9 Å². The standard InChI is InChI=1S/C12H11F2NO/c1-7-4-8(6-16-7)12(15)10-3-2-9(13)5-11(10)14/h2-6,12H,15H2,1H3. The van der Waals surface area contributed by atoms with E-state index in [-0.39, 0.29) is 5.56 Å². The van der Waals surface area contributed by atoms with E-state index in [9.17, 15) is 8.78 Å². The van der Waals surface area contributed by atoms with Gasteiger partial charge in [0.15, 0.2) is 0 Å². The van der Waals surface area contributed by atoms with E-state index in [4.69, 9.17) is 10.2 Å². The Morgan fingerprint density at radius 1 is 1.25 bits per heavy atom. The predicted molar refractivity (Wildman–Crippen MR) is 55.8 cm³/mol. The lowest BCUT2D eigenvalue weighted by molar-refractivity contribution is 0.529. The zero-order valence-electron chi connectivity index (χ0n) is 8.71. The molecular formula is C12H11F2NO. The van der Waals surface area contributed by atoms with Gasteiger partial charge in [0.05, 0.1) is 12.3 Å². The molecule has 1 unspecified atom stereocenters. The molecule has 4 heteroatoms. The average Bonchev–Trinajstić information content (AvgIpc) is 2.64. The molecule has 2 nitrogen and oxygen atoms in total. The summed E-state index contributed by atoms with van der Waals surface area (Å²) in [5, 5.41) is 0. The number of benzene rings is 1. The van der Waals surface area contributed by atoms with Crippen molar-refractivity contribution < 1.29 is 13.2 Å². The molecule has 2 N–H and O–H groups in total. The van der Waals surface area contributed by atoms with E-state index in [1.54, 1.807) is 13.0 Å². The van der Waals surface area contributed by atoms with Crippen LogP contribution >= 0.6 is 0 Å². The Morgan fingerprint density at radius 3 is 2.56 bits per heavy atom. The molecule has 1 heterocycles. The van der Waals surface area contributed by atoms with E-state index < -0.39 is 17.7 Å². The molecule has 1 atom stereocenters. The average molecular weight is 223 g/mol. The first-order valence-corrected chi connectivity index (χ1v) is 4.83. The Balaban J connectivity index is 2.37. The third-order valence-electron chi connectivity index (χ3n) is 2.41. The fourth-order valence-corrected chi connectivity index (χ4v) is 1.56. The minimum absolute atomic E-state index is 0.252. The minimum Gasteiger partial charge on any atom is -0.469 e. The van der Waals surface area contributed by atoms with Crippen LogP contribution in [0.25, 0.3) is 0 Å². The molecule has 1 aromatic carbocycles. The molecule has 0 aliphatic rings. The van der Waals surface area contributed by atoms with Gasteiger partial charge in [-0.25, -0.2) is 8.78 Å². The van der Waals surface area contributed by atoms with Gasteiger partial charge < -0.3 is 10.2 Å². The van der Waals surface area contributed by atoms with E-state index in [1.807, 2.05) is 0 Å². The van der Waals surface area contributed by atoms with E-state index in [0.29, 0.717) is 11.3 Å². The Labute approximate surface area is 91.7 Å². The van der Waals surface area contributed by atoms with E-state index >= 15 is 0 Å². The van der Waals surface area contributed by atoms with E-state index in [0.717, 1.165) is 6.07 Å². The van der Waals surface area contributed by atoms with Crippen molar-refractivity contribution >= 4 is 0 Å². The quantitative estimate of drug-likeness (QED) is 0.850. The first-order valence-electron chi connectivity index (χ1n) is 4.83. The van der Waals surface area contributed by atoms with Crippen molar-refractivity contribution in [2.24, 2.45) is 5.73 Å². The zero-order chi connectivity index (χ0) is 11.7. The summed E-state index contributed by atoms with van der Waals surface area (Å²) in [6.45, 7) is 1.78. The number of aryl methyl sites for hydroxylation is 1. The highest BCUT2D eigenvalue weighted by molar-refractivity contribution is 5.31. The van der Waals surface area contributed by atoms with Gasteiger partial charge in [0.25, 0.3) is 0 Å². The Morgan fingerprint density at radius 2 is 2.00 bits per heavy atom. The second kappa shape index (κ2) is 4.06. The van der Waals surface area contributed by atoms with E-state index in [2.05, 4.69) is 0 Å². The van der Waals surface area contributed by atoms with Crippen molar-refractivity contribution in [3.63, 3.8) is 0 Å². The lowest BCUT2D eigenvalue weighted by Crippen LogP contribution is -2.12. The van der Waals surface area contributed by atoms with Crippen LogP contribution in [-0.4, -0.2) is 0 Å². The third-order valence-corrected chi connectivity index (χ3v) is 2.41. The van der Waals surface area contributed by atoms with Crippen molar-refractivity contribution in [3.05, 3.63) is 59.1 Å². The van der Waals surface area contributed by atoms with Crippen LogP contribution in [0.1, 0.15) is 22.9 Å². The molecule has 0 aliphatic heterocycles. The van der Waals surface area contributed by atoms with Crippen LogP contribution in [0, 0.1) is 18.6 Å². The molecule has 2 aromatic rings. The predicted octanol–water partition coefficient (Wildman–Crippen LogP) is 2.91.